The second kappa shape index (κ2) is 55.0. The van der Waals surface area contributed by atoms with Crippen LogP contribution in [-0.2, 0) is 65.4 Å². The minimum atomic E-state index is -4.94. The third-order valence-corrected chi connectivity index (χ3v) is 15.9. The normalized spacial score (nSPS) is 14.3. The van der Waals surface area contributed by atoms with Gasteiger partial charge in [0.1, 0.15) is 19.3 Å². The monoisotopic (exact) mass is 1180 g/mol. The van der Waals surface area contributed by atoms with Crippen LogP contribution in [0.2, 0.25) is 0 Å². The highest BCUT2D eigenvalue weighted by molar-refractivity contribution is 7.47. The Morgan fingerprint density at radius 1 is 0.338 bits per heavy atom. The number of hydrogen-bond donors (Lipinski definition) is 3. The summed E-state index contributed by atoms with van der Waals surface area (Å²) in [6.45, 7) is 7.11. The Morgan fingerprint density at radius 3 is 0.850 bits per heavy atom. The molecule has 0 saturated heterocycles. The number of carbonyl (C=O) groups excluding carboxylic acids is 4. The summed E-state index contributed by atoms with van der Waals surface area (Å²) >= 11 is 0. The SMILES string of the molecule is CCCCCCCCCCCCC(=O)OC[C@H](COP(=O)(O)OC[C@@H](O)COP(=O)(O)OC[C@@H](COC(=O)CCCCCCCCCC)OC(=O)CCCCCCCCCC)OC(=O)CCCCCCCCCCCCCC(C)C. The molecule has 0 heterocycles. The lowest BCUT2D eigenvalue weighted by Gasteiger charge is -2.21. The largest absolute Gasteiger partial charge is 0.472 e. The van der Waals surface area contributed by atoms with Crippen LogP contribution in [0.1, 0.15) is 304 Å². The van der Waals surface area contributed by atoms with Crippen LogP contribution in [0.25, 0.3) is 0 Å². The Labute approximate surface area is 486 Å². The molecule has 2 unspecified atom stereocenters. The molecule has 19 heteroatoms. The van der Waals surface area contributed by atoms with Gasteiger partial charge in [0.2, 0.25) is 0 Å². The molecule has 0 aromatic carbocycles. The van der Waals surface area contributed by atoms with E-state index in [1.165, 1.54) is 116 Å². The van der Waals surface area contributed by atoms with Gasteiger partial charge in [0.25, 0.3) is 0 Å². The Bertz CT molecular complexity index is 1570. The predicted octanol–water partition coefficient (Wildman–Crippen LogP) is 16.6. The topological polar surface area (TPSA) is 237 Å². The summed E-state index contributed by atoms with van der Waals surface area (Å²) < 4.78 is 67.7. The molecule has 0 fully saturated rings. The number of aliphatic hydroxyl groups is 1. The van der Waals surface area contributed by atoms with E-state index >= 15 is 0 Å². The van der Waals surface area contributed by atoms with Gasteiger partial charge in [-0.2, -0.15) is 0 Å². The highest BCUT2D eigenvalue weighted by atomic mass is 31.2. The molecule has 80 heavy (non-hydrogen) atoms. The van der Waals surface area contributed by atoms with Gasteiger partial charge in [-0.15, -0.1) is 0 Å². The zero-order chi connectivity index (χ0) is 59.2. The molecular formula is C61H118O17P2. The van der Waals surface area contributed by atoms with E-state index in [1.807, 2.05) is 0 Å². The minimum Gasteiger partial charge on any atom is -0.462 e. The number of phosphoric ester groups is 2. The number of unbranched alkanes of at least 4 members (excludes halogenated alkanes) is 33. The van der Waals surface area contributed by atoms with Crippen LogP contribution in [0, 0.1) is 5.92 Å². The number of carbonyl (C=O) groups is 4. The van der Waals surface area contributed by atoms with E-state index in [-0.39, 0.29) is 25.7 Å². The van der Waals surface area contributed by atoms with E-state index in [4.69, 9.17) is 37.0 Å². The lowest BCUT2D eigenvalue weighted by atomic mass is 10.0. The summed E-state index contributed by atoms with van der Waals surface area (Å²) in [5.74, 6) is -1.38. The van der Waals surface area contributed by atoms with Gasteiger partial charge in [0, 0.05) is 25.7 Å². The van der Waals surface area contributed by atoms with Crippen LogP contribution in [0.4, 0.5) is 0 Å². The molecule has 0 saturated carbocycles. The van der Waals surface area contributed by atoms with E-state index in [0.717, 1.165) is 109 Å². The molecule has 0 bridgehead atoms. The van der Waals surface area contributed by atoms with Gasteiger partial charge in [-0.3, -0.25) is 37.3 Å². The van der Waals surface area contributed by atoms with Gasteiger partial charge >= 0.3 is 39.5 Å². The maximum Gasteiger partial charge on any atom is 0.472 e. The molecular weight excluding hydrogens is 1070 g/mol. The van der Waals surface area contributed by atoms with Crippen molar-refractivity contribution in [3.05, 3.63) is 0 Å². The van der Waals surface area contributed by atoms with E-state index in [1.54, 1.807) is 0 Å². The Balaban J connectivity index is 5.20. The van der Waals surface area contributed by atoms with Gasteiger partial charge in [-0.25, -0.2) is 9.13 Å². The summed E-state index contributed by atoms with van der Waals surface area (Å²) in [6.07, 6.45) is 37.6. The number of phosphoric acid groups is 2. The maximum atomic E-state index is 12.9. The first-order valence-electron chi connectivity index (χ1n) is 32.1. The summed E-state index contributed by atoms with van der Waals surface area (Å²) in [7, 11) is -9.87. The van der Waals surface area contributed by atoms with Crippen molar-refractivity contribution in [3.8, 4) is 0 Å². The fraction of sp³-hybridized carbons (Fsp3) is 0.934. The summed E-state index contributed by atoms with van der Waals surface area (Å²) in [5.41, 5.74) is 0. The number of rotatable bonds is 61. The van der Waals surface area contributed by atoms with Crippen LogP contribution < -0.4 is 0 Å². The molecule has 0 aliphatic heterocycles. The van der Waals surface area contributed by atoms with Gasteiger partial charge in [-0.05, 0) is 31.6 Å². The highest BCUT2D eigenvalue weighted by Gasteiger charge is 2.30. The zero-order valence-corrected chi connectivity index (χ0v) is 53.0. The molecule has 0 aromatic rings. The van der Waals surface area contributed by atoms with Crippen molar-refractivity contribution in [2.45, 2.75) is 323 Å². The number of esters is 4. The number of ether oxygens (including phenoxy) is 4. The fourth-order valence-electron chi connectivity index (χ4n) is 9.05. The summed E-state index contributed by atoms with van der Waals surface area (Å²) in [6, 6.07) is 0. The van der Waals surface area contributed by atoms with Crippen molar-refractivity contribution in [1.82, 2.24) is 0 Å². The van der Waals surface area contributed by atoms with Crippen molar-refractivity contribution in [2.75, 3.05) is 39.6 Å². The van der Waals surface area contributed by atoms with Gasteiger partial charge in [0.05, 0.1) is 26.4 Å². The lowest BCUT2D eigenvalue weighted by Crippen LogP contribution is -2.30. The smallest absolute Gasteiger partial charge is 0.462 e. The van der Waals surface area contributed by atoms with Crippen molar-refractivity contribution >= 4 is 39.5 Å². The van der Waals surface area contributed by atoms with Crippen LogP contribution in [0.5, 0.6) is 0 Å². The molecule has 5 atom stereocenters. The van der Waals surface area contributed by atoms with Gasteiger partial charge < -0.3 is 33.8 Å². The van der Waals surface area contributed by atoms with E-state index < -0.39 is 97.5 Å². The fourth-order valence-corrected chi connectivity index (χ4v) is 10.6. The molecule has 0 spiro atoms. The molecule has 0 amide bonds. The van der Waals surface area contributed by atoms with E-state index in [9.17, 15) is 43.2 Å². The quantitative estimate of drug-likeness (QED) is 0.0222. The Morgan fingerprint density at radius 2 is 0.575 bits per heavy atom. The molecule has 0 aromatic heterocycles. The molecule has 0 rings (SSSR count). The van der Waals surface area contributed by atoms with Crippen molar-refractivity contribution in [2.24, 2.45) is 5.92 Å². The first-order chi connectivity index (χ1) is 38.5. The molecule has 474 valence electrons. The summed E-state index contributed by atoms with van der Waals surface area (Å²) in [5, 5.41) is 10.5. The van der Waals surface area contributed by atoms with Crippen molar-refractivity contribution in [1.29, 1.82) is 0 Å². The third kappa shape index (κ3) is 55.3. The van der Waals surface area contributed by atoms with Crippen LogP contribution in [0.15, 0.2) is 0 Å². The first-order valence-corrected chi connectivity index (χ1v) is 35.1. The maximum absolute atomic E-state index is 12.9. The van der Waals surface area contributed by atoms with Crippen molar-refractivity contribution in [3.63, 3.8) is 0 Å². The van der Waals surface area contributed by atoms with Crippen LogP contribution >= 0.6 is 15.6 Å². The van der Waals surface area contributed by atoms with Crippen LogP contribution in [-0.4, -0.2) is 96.7 Å². The first kappa shape index (κ1) is 78.1. The predicted molar refractivity (Wildman–Crippen MR) is 317 cm³/mol. The average Bonchev–Trinajstić information content (AvgIpc) is 3.42. The molecule has 3 N–H and O–H groups in total. The number of aliphatic hydroxyl groups excluding tert-OH is 1. The van der Waals surface area contributed by atoms with Gasteiger partial charge in [0.15, 0.2) is 12.2 Å². The number of hydrogen-bond acceptors (Lipinski definition) is 15. The zero-order valence-electron chi connectivity index (χ0n) is 51.2. The standard InChI is InChI=1S/C61H118O17P2/c1-6-9-12-15-18-21-26-31-35-40-45-59(64)72-51-57(78-61(66)47-42-37-32-27-24-22-23-25-28-33-38-43-54(4)5)53-76-80(69,70)74-49-55(62)48-73-79(67,68)75-52-56(77-60(65)46-41-36-30-20-17-14-11-8-3)50-71-58(63)44-39-34-29-19-16-13-10-7-2/h54-57,62H,6-53H2,1-5H3,(H,67,68)(H,69,70)/t55-,56+,57+/m0/s1. The summed E-state index contributed by atoms with van der Waals surface area (Å²) in [4.78, 5) is 71.9. The minimum absolute atomic E-state index is 0.105. The molecule has 0 aliphatic rings. The van der Waals surface area contributed by atoms with E-state index in [0.29, 0.717) is 25.7 Å². The Hall–Kier alpha value is -1.94. The second-order valence-electron chi connectivity index (χ2n) is 22.6. The second-order valence-corrected chi connectivity index (χ2v) is 25.5. The average molecular weight is 1190 g/mol. The van der Waals surface area contributed by atoms with Crippen LogP contribution in [0.3, 0.4) is 0 Å². The highest BCUT2D eigenvalue weighted by Crippen LogP contribution is 2.45. The molecule has 0 aliphatic carbocycles. The molecule has 17 nitrogen and oxygen atoms in total. The van der Waals surface area contributed by atoms with E-state index in [2.05, 4.69) is 34.6 Å². The third-order valence-electron chi connectivity index (χ3n) is 14.0. The Kier molecular flexibility index (Phi) is 53.6. The van der Waals surface area contributed by atoms with Crippen molar-refractivity contribution < 1.29 is 80.2 Å². The van der Waals surface area contributed by atoms with Gasteiger partial charge in [-0.1, -0.05) is 253 Å². The molecule has 0 radical (unpaired) electrons. The lowest BCUT2D eigenvalue weighted by molar-refractivity contribution is -0.161.